The zero-order valence-corrected chi connectivity index (χ0v) is 60.2. The highest BCUT2D eigenvalue weighted by Gasteiger charge is 2.29. The number of unbranched alkanes of at least 4 members (excludes halogenated alkanes) is 30. The van der Waals surface area contributed by atoms with Crippen LogP contribution in [0.3, 0.4) is 0 Å². The molecule has 538 valence electrons. The fourth-order valence-corrected chi connectivity index (χ4v) is 11.3. The van der Waals surface area contributed by atoms with Crippen LogP contribution in [0.4, 0.5) is 0 Å². The Bertz CT molecular complexity index is 2080. The number of phosphoric acid groups is 2. The van der Waals surface area contributed by atoms with E-state index in [-0.39, 0.29) is 19.3 Å². The van der Waals surface area contributed by atoms with Gasteiger partial charge in [0.05, 0.1) is 26.4 Å². The molecule has 93 heavy (non-hydrogen) atoms. The van der Waals surface area contributed by atoms with E-state index in [1.54, 1.807) is 0 Å². The predicted octanol–water partition coefficient (Wildman–Crippen LogP) is 20.6. The fourth-order valence-electron chi connectivity index (χ4n) is 9.68. The lowest BCUT2D eigenvalue weighted by Gasteiger charge is -2.21. The molecule has 0 bridgehead atoms. The molecule has 0 aromatic heterocycles. The normalized spacial score (nSPS) is 14.7. The molecule has 4 N–H and O–H groups in total. The van der Waals surface area contributed by atoms with Gasteiger partial charge in [-0.2, -0.15) is 0 Å². The molecule has 0 spiro atoms. The lowest BCUT2D eigenvalue weighted by molar-refractivity contribution is -0.161. The minimum absolute atomic E-state index is 0.0926. The van der Waals surface area contributed by atoms with Gasteiger partial charge in [-0.05, 0) is 122 Å². The van der Waals surface area contributed by atoms with E-state index in [9.17, 15) is 43.5 Å². The number of carbonyl (C=O) groups is 3. The molecule has 0 aliphatic carbocycles. The predicted molar refractivity (Wildman–Crippen MR) is 381 cm³/mol. The number of hydrogen-bond acceptors (Lipinski definition) is 14. The maximum absolute atomic E-state index is 12.9. The summed E-state index contributed by atoms with van der Waals surface area (Å²) >= 11 is 0. The minimum Gasteiger partial charge on any atom is -0.463 e. The van der Waals surface area contributed by atoms with Crippen molar-refractivity contribution in [2.24, 2.45) is 0 Å². The fraction of sp³-hybridized carbons (Fsp3) is 0.747. The van der Waals surface area contributed by atoms with Gasteiger partial charge in [0.25, 0.3) is 0 Å². The third-order valence-electron chi connectivity index (χ3n) is 15.3. The lowest BCUT2D eigenvalue weighted by Crippen LogP contribution is -2.30. The van der Waals surface area contributed by atoms with E-state index in [1.807, 2.05) is 0 Å². The molecule has 0 aliphatic rings. The van der Waals surface area contributed by atoms with Gasteiger partial charge in [-0.15, -0.1) is 0 Å². The molecule has 16 nitrogen and oxygen atoms in total. The molecule has 0 rings (SSSR count). The summed E-state index contributed by atoms with van der Waals surface area (Å²) < 4.78 is 61.0. The summed E-state index contributed by atoms with van der Waals surface area (Å²) in [7, 11) is -9.78. The van der Waals surface area contributed by atoms with Crippen LogP contribution < -0.4 is 0 Å². The third kappa shape index (κ3) is 69.6. The highest BCUT2D eigenvalue weighted by molar-refractivity contribution is 7.47. The first-order chi connectivity index (χ1) is 45.2. The Morgan fingerprint density at radius 2 is 0.570 bits per heavy atom. The van der Waals surface area contributed by atoms with Crippen molar-refractivity contribution >= 4 is 33.6 Å². The van der Waals surface area contributed by atoms with Crippen molar-refractivity contribution in [2.45, 2.75) is 322 Å². The number of rotatable bonds is 69. The number of allylic oxidation sites excluding steroid dienone is 16. The molecule has 0 fully saturated rings. The molecule has 0 aromatic rings. The molecule has 0 aromatic carbocycles. The van der Waals surface area contributed by atoms with Gasteiger partial charge in [-0.1, -0.05) is 259 Å². The van der Waals surface area contributed by atoms with Gasteiger partial charge in [-0.3, -0.25) is 32.5 Å². The van der Waals surface area contributed by atoms with Gasteiger partial charge >= 0.3 is 33.6 Å². The average Bonchev–Trinajstić information content (AvgIpc) is 3.71. The van der Waals surface area contributed by atoms with Crippen LogP contribution in [0, 0.1) is 0 Å². The van der Waals surface area contributed by atoms with Crippen LogP contribution in [0.1, 0.15) is 303 Å². The van der Waals surface area contributed by atoms with Gasteiger partial charge in [0.1, 0.15) is 25.4 Å². The number of aliphatic hydroxyl groups is 2. The molecular formula is C75H132O16P2. The summed E-state index contributed by atoms with van der Waals surface area (Å²) in [6.45, 7) is 2.52. The minimum atomic E-state index is -4.93. The van der Waals surface area contributed by atoms with Crippen molar-refractivity contribution in [1.82, 2.24) is 0 Å². The van der Waals surface area contributed by atoms with Crippen molar-refractivity contribution in [1.29, 1.82) is 0 Å². The Morgan fingerprint density at radius 1 is 0.312 bits per heavy atom. The van der Waals surface area contributed by atoms with Gasteiger partial charge in [0.15, 0.2) is 6.10 Å². The van der Waals surface area contributed by atoms with E-state index in [4.69, 9.17) is 32.3 Å². The maximum atomic E-state index is 12.9. The molecular weight excluding hydrogens is 1220 g/mol. The topological polar surface area (TPSA) is 231 Å². The molecule has 0 saturated carbocycles. The standard InChI is InChI=1S/C75H132O16P2/c1-4-7-10-13-16-19-22-25-28-29-30-31-32-33-34-35-36-37-38-39-42-44-46-49-52-55-58-61-73(78)85-64-70(76)65-87-92(81,82)88-66-71(77)67-89-93(83,84)90-69-72(91-75(80)63-60-57-54-51-48-45-41-27-24-21-18-15-12-9-6-3)68-86-74(79)62-59-56-53-50-47-43-40-26-23-20-17-14-11-8-5-2/h7,10,16-17,19-20,25-28,30-31,33-34,40-41,70-72,76-77H,4-6,8-9,11-15,18,21-24,29,32,35-39,42-69H2,1-3H3,(H,81,82)(H,83,84)/b10-7-,19-16-,20-17-,28-25-,31-30-,34-33-,40-26-,41-27-. The van der Waals surface area contributed by atoms with E-state index in [0.29, 0.717) is 19.3 Å². The molecule has 0 radical (unpaired) electrons. The van der Waals surface area contributed by atoms with Crippen LogP contribution in [-0.2, 0) is 55.8 Å². The molecule has 18 heteroatoms. The Hall–Kier alpha value is -3.53. The van der Waals surface area contributed by atoms with Crippen molar-refractivity contribution in [2.75, 3.05) is 39.6 Å². The summed E-state index contributed by atoms with van der Waals surface area (Å²) in [5.74, 6) is -1.60. The SMILES string of the molecule is CC/C=C\C/C=C\C/C=C\C/C=C\C/C=C\CCCCCCCCCCCCCC(=O)OCC(O)COP(=O)(O)OCC(O)COP(=O)(O)OCC(COC(=O)CCCCCCC/C=C\C/C=C\CCCCC)OC(=O)CCCCCCC/C=C\CCCCCCCC. The van der Waals surface area contributed by atoms with Crippen LogP contribution in [0.2, 0.25) is 0 Å². The average molecular weight is 1350 g/mol. The van der Waals surface area contributed by atoms with Crippen molar-refractivity contribution in [3.63, 3.8) is 0 Å². The zero-order valence-electron chi connectivity index (χ0n) is 58.4. The highest BCUT2D eigenvalue weighted by atomic mass is 31.2. The van der Waals surface area contributed by atoms with Gasteiger partial charge in [0.2, 0.25) is 0 Å². The number of ether oxygens (including phenoxy) is 3. The van der Waals surface area contributed by atoms with E-state index in [2.05, 4.69) is 118 Å². The van der Waals surface area contributed by atoms with Crippen molar-refractivity contribution in [3.05, 3.63) is 97.2 Å². The van der Waals surface area contributed by atoms with Crippen LogP contribution in [0.15, 0.2) is 97.2 Å². The van der Waals surface area contributed by atoms with Crippen LogP contribution in [0.5, 0.6) is 0 Å². The number of esters is 3. The Kier molecular flexibility index (Phi) is 65.8. The van der Waals surface area contributed by atoms with Gasteiger partial charge in [-0.25, -0.2) is 9.13 Å². The number of hydrogen-bond donors (Lipinski definition) is 4. The molecule has 5 unspecified atom stereocenters. The first-order valence-corrected chi connectivity index (χ1v) is 39.5. The van der Waals surface area contributed by atoms with E-state index in [1.165, 1.54) is 103 Å². The lowest BCUT2D eigenvalue weighted by atomic mass is 10.0. The second-order valence-electron chi connectivity index (χ2n) is 24.4. The summed E-state index contributed by atoms with van der Waals surface area (Å²) in [6.07, 6.45) is 76.0. The Balaban J connectivity index is 4.52. The van der Waals surface area contributed by atoms with E-state index in [0.717, 1.165) is 141 Å². The van der Waals surface area contributed by atoms with Crippen LogP contribution >= 0.6 is 15.6 Å². The Morgan fingerprint density at radius 3 is 0.935 bits per heavy atom. The summed E-state index contributed by atoms with van der Waals surface area (Å²) in [5.41, 5.74) is 0. The molecule has 0 saturated heterocycles. The van der Waals surface area contributed by atoms with Crippen molar-refractivity contribution < 1.29 is 75.8 Å². The second-order valence-corrected chi connectivity index (χ2v) is 27.3. The number of phosphoric ester groups is 2. The first kappa shape index (κ1) is 89.5. The van der Waals surface area contributed by atoms with Gasteiger partial charge in [0, 0.05) is 19.3 Å². The first-order valence-electron chi connectivity index (χ1n) is 36.5. The quantitative estimate of drug-likeness (QED) is 0.0146. The van der Waals surface area contributed by atoms with Gasteiger partial charge < -0.3 is 34.2 Å². The molecule has 0 amide bonds. The largest absolute Gasteiger partial charge is 0.472 e. The second kappa shape index (κ2) is 68.4. The smallest absolute Gasteiger partial charge is 0.463 e. The summed E-state index contributed by atoms with van der Waals surface area (Å²) in [6, 6.07) is 0. The number of carbonyl (C=O) groups excluding carboxylic acids is 3. The van der Waals surface area contributed by atoms with Crippen LogP contribution in [0.25, 0.3) is 0 Å². The van der Waals surface area contributed by atoms with E-state index >= 15 is 0 Å². The summed E-state index contributed by atoms with van der Waals surface area (Å²) in [4.78, 5) is 58.4. The Labute approximate surface area is 565 Å². The van der Waals surface area contributed by atoms with Crippen molar-refractivity contribution in [3.8, 4) is 0 Å². The zero-order chi connectivity index (χ0) is 68.1. The third-order valence-corrected chi connectivity index (χ3v) is 17.2. The number of aliphatic hydroxyl groups excluding tert-OH is 2. The summed E-state index contributed by atoms with van der Waals surface area (Å²) in [5, 5.41) is 20.6. The maximum Gasteiger partial charge on any atom is 0.472 e. The van der Waals surface area contributed by atoms with Crippen LogP contribution in [-0.4, -0.2) is 95.9 Å². The monoisotopic (exact) mass is 1350 g/mol. The molecule has 0 heterocycles. The highest BCUT2D eigenvalue weighted by Crippen LogP contribution is 2.45. The molecule has 0 aliphatic heterocycles. The molecule has 5 atom stereocenters. The van der Waals surface area contributed by atoms with E-state index < -0.39 is 91.5 Å².